The number of nitrogens with one attached hydrogen (secondary N) is 1. The molecular formula is C7H7BrN2O2. The molecular weight excluding hydrogens is 224 g/mol. The van der Waals surface area contributed by atoms with Gasteiger partial charge >= 0.3 is 0 Å². The van der Waals surface area contributed by atoms with E-state index < -0.39 is 5.91 Å². The van der Waals surface area contributed by atoms with E-state index in [-0.39, 0.29) is 5.75 Å². The number of nitrogens with two attached hydrogens (primary N) is 1. The zero-order valence-electron chi connectivity index (χ0n) is 6.04. The summed E-state index contributed by atoms with van der Waals surface area (Å²) in [5.74, 6) is 4.48. The molecule has 0 aliphatic heterocycles. The Kier molecular flexibility index (Phi) is 2.67. The molecule has 0 saturated heterocycles. The van der Waals surface area contributed by atoms with E-state index in [1.165, 1.54) is 6.07 Å². The monoisotopic (exact) mass is 230 g/mol. The van der Waals surface area contributed by atoms with Crippen molar-refractivity contribution in [2.45, 2.75) is 0 Å². The number of hydrogen-bond acceptors (Lipinski definition) is 3. The summed E-state index contributed by atoms with van der Waals surface area (Å²) in [7, 11) is 0. The zero-order valence-corrected chi connectivity index (χ0v) is 7.63. The number of phenolic OH excluding ortho intramolecular Hbond substituents is 1. The van der Waals surface area contributed by atoms with Crippen LogP contribution in [0.4, 0.5) is 0 Å². The number of aromatic hydroxyl groups is 1. The van der Waals surface area contributed by atoms with Gasteiger partial charge in [-0.25, -0.2) is 5.84 Å². The summed E-state index contributed by atoms with van der Waals surface area (Å²) in [6.45, 7) is 0. The van der Waals surface area contributed by atoms with Gasteiger partial charge in [-0.2, -0.15) is 0 Å². The maximum absolute atomic E-state index is 10.9. The summed E-state index contributed by atoms with van der Waals surface area (Å²) in [6, 6.07) is 4.44. The first kappa shape index (κ1) is 9.02. The third-order valence-corrected chi connectivity index (χ3v) is 2.01. The second kappa shape index (κ2) is 3.55. The van der Waals surface area contributed by atoms with Crippen LogP contribution in [0.2, 0.25) is 0 Å². The number of halogens is 1. The molecule has 0 spiro atoms. The van der Waals surface area contributed by atoms with Crippen LogP contribution in [-0.2, 0) is 0 Å². The van der Waals surface area contributed by atoms with Gasteiger partial charge in [-0.1, -0.05) is 0 Å². The minimum atomic E-state index is -0.433. The van der Waals surface area contributed by atoms with Gasteiger partial charge in [-0.05, 0) is 34.1 Å². The van der Waals surface area contributed by atoms with Crippen LogP contribution in [-0.4, -0.2) is 11.0 Å². The van der Waals surface area contributed by atoms with E-state index in [2.05, 4.69) is 15.9 Å². The molecule has 0 saturated carbocycles. The molecule has 12 heavy (non-hydrogen) atoms. The average molecular weight is 231 g/mol. The second-order valence-electron chi connectivity index (χ2n) is 2.14. The van der Waals surface area contributed by atoms with Gasteiger partial charge in [0, 0.05) is 5.56 Å². The number of nitrogen functional groups attached to an aromatic ring is 1. The Morgan fingerprint density at radius 3 is 2.75 bits per heavy atom. The van der Waals surface area contributed by atoms with E-state index in [0.29, 0.717) is 10.0 Å². The predicted molar refractivity (Wildman–Crippen MR) is 47.5 cm³/mol. The number of benzene rings is 1. The fraction of sp³-hybridized carbons (Fsp3) is 0. The lowest BCUT2D eigenvalue weighted by Crippen LogP contribution is -2.29. The molecule has 0 atom stereocenters. The van der Waals surface area contributed by atoms with Crippen LogP contribution >= 0.6 is 15.9 Å². The maximum atomic E-state index is 10.9. The Bertz CT molecular complexity index is 314. The van der Waals surface area contributed by atoms with Gasteiger partial charge < -0.3 is 5.11 Å². The minimum absolute atomic E-state index is 0.0103. The van der Waals surface area contributed by atoms with Crippen molar-refractivity contribution in [2.75, 3.05) is 0 Å². The molecule has 0 unspecified atom stereocenters. The molecule has 4 N–H and O–H groups in total. The first-order chi connectivity index (χ1) is 5.65. The second-order valence-corrected chi connectivity index (χ2v) is 2.99. The van der Waals surface area contributed by atoms with Crippen LogP contribution < -0.4 is 11.3 Å². The van der Waals surface area contributed by atoms with Crippen molar-refractivity contribution in [3.63, 3.8) is 0 Å². The number of amides is 1. The topological polar surface area (TPSA) is 75.3 Å². The highest BCUT2D eigenvalue weighted by molar-refractivity contribution is 9.10. The Morgan fingerprint density at radius 2 is 2.25 bits per heavy atom. The highest BCUT2D eigenvalue weighted by Crippen LogP contribution is 2.23. The number of carbonyl (C=O) groups excluding carboxylic acids is 1. The molecule has 1 amide bonds. The largest absolute Gasteiger partial charge is 0.507 e. The first-order valence-corrected chi connectivity index (χ1v) is 3.94. The van der Waals surface area contributed by atoms with E-state index in [9.17, 15) is 9.90 Å². The van der Waals surface area contributed by atoms with Crippen molar-refractivity contribution < 1.29 is 9.90 Å². The van der Waals surface area contributed by atoms with Gasteiger partial charge in [0.05, 0.1) is 4.47 Å². The predicted octanol–water partition coefficient (Wildman–Crippen LogP) is 0.758. The van der Waals surface area contributed by atoms with E-state index in [1.807, 2.05) is 5.43 Å². The van der Waals surface area contributed by atoms with Crippen molar-refractivity contribution in [3.8, 4) is 5.75 Å². The van der Waals surface area contributed by atoms with Crippen LogP contribution in [0.15, 0.2) is 22.7 Å². The van der Waals surface area contributed by atoms with Crippen LogP contribution in [0.25, 0.3) is 0 Å². The third kappa shape index (κ3) is 1.75. The summed E-state index contributed by atoms with van der Waals surface area (Å²) in [4.78, 5) is 10.9. The van der Waals surface area contributed by atoms with Crippen molar-refractivity contribution in [3.05, 3.63) is 28.2 Å². The van der Waals surface area contributed by atoms with Crippen molar-refractivity contribution >= 4 is 21.8 Å². The van der Waals surface area contributed by atoms with Crippen molar-refractivity contribution in [1.82, 2.24) is 5.43 Å². The first-order valence-electron chi connectivity index (χ1n) is 3.14. The lowest BCUT2D eigenvalue weighted by atomic mass is 10.2. The summed E-state index contributed by atoms with van der Waals surface area (Å²) in [6.07, 6.45) is 0. The molecule has 4 nitrogen and oxygen atoms in total. The molecule has 0 bridgehead atoms. The maximum Gasteiger partial charge on any atom is 0.265 e. The average Bonchev–Trinajstić information content (AvgIpc) is 2.08. The lowest BCUT2D eigenvalue weighted by molar-refractivity contribution is 0.0953. The van der Waals surface area contributed by atoms with E-state index in [0.717, 1.165) is 0 Å². The zero-order chi connectivity index (χ0) is 9.14. The molecule has 0 aliphatic carbocycles. The molecule has 1 aromatic rings. The Labute approximate surface area is 77.5 Å². The minimum Gasteiger partial charge on any atom is -0.507 e. The standard InChI is InChI=1S/C7H7BrN2O2/c8-5-2-1-4(3-6(5)11)7(12)10-9/h1-3,11H,9H2,(H,10,12). The molecule has 0 radical (unpaired) electrons. The Hall–Kier alpha value is -1.07. The molecule has 1 rings (SSSR count). The SMILES string of the molecule is NNC(=O)c1ccc(Br)c(O)c1. The number of phenols is 1. The van der Waals surface area contributed by atoms with Gasteiger partial charge in [-0.3, -0.25) is 10.2 Å². The van der Waals surface area contributed by atoms with Gasteiger partial charge in [0.2, 0.25) is 0 Å². The van der Waals surface area contributed by atoms with Crippen LogP contribution in [0.1, 0.15) is 10.4 Å². The van der Waals surface area contributed by atoms with Crippen molar-refractivity contribution in [1.29, 1.82) is 0 Å². The molecule has 0 aromatic heterocycles. The fourth-order valence-corrected chi connectivity index (χ4v) is 0.984. The molecule has 0 heterocycles. The highest BCUT2D eigenvalue weighted by Gasteiger charge is 2.05. The van der Waals surface area contributed by atoms with Gasteiger partial charge in [0.15, 0.2) is 0 Å². The highest BCUT2D eigenvalue weighted by atomic mass is 79.9. The van der Waals surface area contributed by atoms with Crippen LogP contribution in [0.3, 0.4) is 0 Å². The third-order valence-electron chi connectivity index (χ3n) is 1.34. The lowest BCUT2D eigenvalue weighted by Gasteiger charge is -2.00. The summed E-state index contributed by atoms with van der Waals surface area (Å²) < 4.78 is 0.538. The normalized spacial score (nSPS) is 9.50. The fourth-order valence-electron chi connectivity index (χ4n) is 0.737. The van der Waals surface area contributed by atoms with E-state index in [4.69, 9.17) is 5.84 Å². The molecule has 5 heteroatoms. The van der Waals surface area contributed by atoms with Crippen LogP contribution in [0, 0.1) is 0 Å². The van der Waals surface area contributed by atoms with Gasteiger partial charge in [-0.15, -0.1) is 0 Å². The van der Waals surface area contributed by atoms with Crippen molar-refractivity contribution in [2.24, 2.45) is 5.84 Å². The van der Waals surface area contributed by atoms with Gasteiger partial charge in [0.25, 0.3) is 5.91 Å². The Morgan fingerprint density at radius 1 is 1.58 bits per heavy atom. The molecule has 0 aliphatic rings. The molecule has 1 aromatic carbocycles. The summed E-state index contributed by atoms with van der Waals surface area (Å²) >= 11 is 3.09. The smallest absolute Gasteiger partial charge is 0.265 e. The van der Waals surface area contributed by atoms with Gasteiger partial charge in [0.1, 0.15) is 5.75 Å². The van der Waals surface area contributed by atoms with Crippen LogP contribution in [0.5, 0.6) is 5.75 Å². The quantitative estimate of drug-likeness (QED) is 0.379. The number of rotatable bonds is 1. The Balaban J connectivity index is 3.05. The van der Waals surface area contributed by atoms with E-state index >= 15 is 0 Å². The summed E-state index contributed by atoms with van der Waals surface area (Å²) in [5.41, 5.74) is 2.28. The molecule has 0 fully saturated rings. The summed E-state index contributed by atoms with van der Waals surface area (Å²) in [5, 5.41) is 9.18. The number of carbonyl (C=O) groups is 1. The van der Waals surface area contributed by atoms with E-state index in [1.54, 1.807) is 12.1 Å². The molecule has 64 valence electrons. The number of hydrogen-bond donors (Lipinski definition) is 3. The number of hydrazine groups is 1.